The average Bonchev–Trinajstić information content (AvgIpc) is 2.47. The average molecular weight is 307 g/mol. The molecule has 1 rings (SSSR count). The van der Waals surface area contributed by atoms with Crippen molar-refractivity contribution < 1.29 is 14.3 Å². The lowest BCUT2D eigenvalue weighted by molar-refractivity contribution is -0.130. The number of carbonyl (C=O) groups is 1. The summed E-state index contributed by atoms with van der Waals surface area (Å²) in [5.41, 5.74) is 1.94. The number of carbonyl (C=O) groups excluding carboxylic acids is 1. The molecule has 0 unspecified atom stereocenters. The van der Waals surface area contributed by atoms with E-state index in [1.54, 1.807) is 7.11 Å². The molecule has 0 aromatic heterocycles. The Morgan fingerprint density at radius 3 is 2.64 bits per heavy atom. The lowest BCUT2D eigenvalue weighted by atomic mass is 9.87. The third-order valence-corrected chi connectivity index (χ3v) is 3.75. The molecular weight excluding hydrogens is 278 g/mol. The Kier molecular flexibility index (Phi) is 7.39. The molecule has 0 fully saturated rings. The summed E-state index contributed by atoms with van der Waals surface area (Å²) in [6.45, 7) is 9.75. The fourth-order valence-corrected chi connectivity index (χ4v) is 2.18. The van der Waals surface area contributed by atoms with E-state index >= 15 is 0 Å². The van der Waals surface area contributed by atoms with Gasteiger partial charge in [0.15, 0.2) is 0 Å². The van der Waals surface area contributed by atoms with Crippen LogP contribution in [0.2, 0.25) is 0 Å². The number of aryl methyl sites for hydroxylation is 2. The van der Waals surface area contributed by atoms with Crippen molar-refractivity contribution in [1.82, 2.24) is 5.32 Å². The third-order valence-electron chi connectivity index (χ3n) is 3.75. The first-order chi connectivity index (χ1) is 10.4. The molecule has 1 N–H and O–H groups in total. The highest BCUT2D eigenvalue weighted by Crippen LogP contribution is 2.24. The van der Waals surface area contributed by atoms with Crippen molar-refractivity contribution in [1.29, 1.82) is 0 Å². The Hall–Kier alpha value is -1.55. The van der Waals surface area contributed by atoms with Crippen molar-refractivity contribution >= 4 is 5.91 Å². The van der Waals surface area contributed by atoms with Crippen LogP contribution in [0.5, 0.6) is 5.75 Å². The van der Waals surface area contributed by atoms with Crippen LogP contribution in [0, 0.1) is 19.3 Å². The topological polar surface area (TPSA) is 47.6 Å². The number of rotatable bonds is 9. The fourth-order valence-electron chi connectivity index (χ4n) is 2.18. The minimum absolute atomic E-state index is 0.0660. The molecule has 1 aromatic carbocycles. The van der Waals surface area contributed by atoms with E-state index in [1.807, 2.05) is 20.8 Å². The van der Waals surface area contributed by atoms with Crippen LogP contribution in [0.25, 0.3) is 0 Å². The fraction of sp³-hybridized carbons (Fsp3) is 0.611. The van der Waals surface area contributed by atoms with Gasteiger partial charge in [-0.25, -0.2) is 0 Å². The van der Waals surface area contributed by atoms with Crippen molar-refractivity contribution in [2.45, 2.75) is 40.5 Å². The van der Waals surface area contributed by atoms with Crippen LogP contribution >= 0.6 is 0 Å². The molecule has 4 heteroatoms. The van der Waals surface area contributed by atoms with Crippen molar-refractivity contribution in [2.24, 2.45) is 5.41 Å². The van der Waals surface area contributed by atoms with Crippen molar-refractivity contribution in [3.05, 3.63) is 29.3 Å². The van der Waals surface area contributed by atoms with E-state index < -0.39 is 5.41 Å². The van der Waals surface area contributed by atoms with E-state index in [2.05, 4.69) is 30.4 Å². The molecule has 0 spiro atoms. The van der Waals surface area contributed by atoms with Gasteiger partial charge in [-0.2, -0.15) is 0 Å². The SMILES string of the molecule is COCCNC(=O)C(C)(C)CCCOc1cc(C)ccc1C. The zero-order valence-corrected chi connectivity index (χ0v) is 14.5. The van der Waals surface area contributed by atoms with Gasteiger partial charge in [-0.15, -0.1) is 0 Å². The molecule has 0 aliphatic rings. The molecule has 0 aliphatic heterocycles. The van der Waals surface area contributed by atoms with Gasteiger partial charge in [-0.3, -0.25) is 4.79 Å². The number of ether oxygens (including phenoxy) is 2. The molecule has 0 bridgehead atoms. The zero-order valence-electron chi connectivity index (χ0n) is 14.5. The van der Waals surface area contributed by atoms with E-state index in [-0.39, 0.29) is 5.91 Å². The van der Waals surface area contributed by atoms with Crippen LogP contribution < -0.4 is 10.1 Å². The zero-order chi connectivity index (χ0) is 16.6. The summed E-state index contributed by atoms with van der Waals surface area (Å²) in [5.74, 6) is 0.999. The summed E-state index contributed by atoms with van der Waals surface area (Å²) in [6.07, 6.45) is 1.63. The second kappa shape index (κ2) is 8.79. The molecule has 4 nitrogen and oxygen atoms in total. The van der Waals surface area contributed by atoms with E-state index in [9.17, 15) is 4.79 Å². The minimum atomic E-state index is -0.390. The van der Waals surface area contributed by atoms with E-state index in [1.165, 1.54) is 5.56 Å². The Labute approximate surface area is 134 Å². The summed E-state index contributed by atoms with van der Waals surface area (Å²) in [6, 6.07) is 6.20. The molecule has 0 heterocycles. The maximum absolute atomic E-state index is 12.1. The van der Waals surface area contributed by atoms with Crippen LogP contribution in [-0.2, 0) is 9.53 Å². The predicted molar refractivity (Wildman–Crippen MR) is 89.3 cm³/mol. The van der Waals surface area contributed by atoms with Gasteiger partial charge in [0.2, 0.25) is 5.91 Å². The standard InChI is InChI=1S/C18H29NO3/c1-14-7-8-15(2)16(13-14)22-11-6-9-18(3,4)17(20)19-10-12-21-5/h7-8,13H,6,9-12H2,1-5H3,(H,19,20). The molecule has 124 valence electrons. The van der Waals surface area contributed by atoms with Gasteiger partial charge in [0, 0.05) is 19.1 Å². The molecule has 22 heavy (non-hydrogen) atoms. The van der Waals surface area contributed by atoms with Gasteiger partial charge in [0.25, 0.3) is 0 Å². The highest BCUT2D eigenvalue weighted by atomic mass is 16.5. The van der Waals surface area contributed by atoms with Gasteiger partial charge in [0.1, 0.15) is 5.75 Å². The Morgan fingerprint density at radius 2 is 1.95 bits per heavy atom. The van der Waals surface area contributed by atoms with E-state index in [0.29, 0.717) is 19.8 Å². The van der Waals surface area contributed by atoms with Crippen LogP contribution in [0.15, 0.2) is 18.2 Å². The van der Waals surface area contributed by atoms with Crippen LogP contribution in [0.4, 0.5) is 0 Å². The molecule has 1 aromatic rings. The van der Waals surface area contributed by atoms with E-state index in [0.717, 1.165) is 24.2 Å². The van der Waals surface area contributed by atoms with Crippen LogP contribution in [-0.4, -0.2) is 32.8 Å². The van der Waals surface area contributed by atoms with E-state index in [4.69, 9.17) is 9.47 Å². The second-order valence-corrected chi connectivity index (χ2v) is 6.35. The molecule has 1 amide bonds. The van der Waals surface area contributed by atoms with Crippen molar-refractivity contribution in [3.8, 4) is 5.75 Å². The Bertz CT molecular complexity index is 483. The first-order valence-electron chi connectivity index (χ1n) is 7.84. The Balaban J connectivity index is 2.36. The number of methoxy groups -OCH3 is 1. The number of hydrogen-bond donors (Lipinski definition) is 1. The predicted octanol–water partition coefficient (Wildman–Crippen LogP) is 3.25. The second-order valence-electron chi connectivity index (χ2n) is 6.35. The van der Waals surface area contributed by atoms with Gasteiger partial charge in [0.05, 0.1) is 13.2 Å². The maximum Gasteiger partial charge on any atom is 0.225 e. The molecule has 0 saturated carbocycles. The summed E-state index contributed by atoms with van der Waals surface area (Å²) >= 11 is 0. The lowest BCUT2D eigenvalue weighted by Crippen LogP contribution is -2.38. The number of benzene rings is 1. The van der Waals surface area contributed by atoms with Gasteiger partial charge in [-0.1, -0.05) is 26.0 Å². The number of nitrogens with one attached hydrogen (secondary N) is 1. The summed E-state index contributed by atoms with van der Waals surface area (Å²) in [4.78, 5) is 12.1. The number of amides is 1. The van der Waals surface area contributed by atoms with Gasteiger partial charge < -0.3 is 14.8 Å². The quantitative estimate of drug-likeness (QED) is 0.712. The highest BCUT2D eigenvalue weighted by Gasteiger charge is 2.26. The lowest BCUT2D eigenvalue weighted by Gasteiger charge is -2.23. The normalized spacial score (nSPS) is 11.3. The minimum Gasteiger partial charge on any atom is -0.493 e. The Morgan fingerprint density at radius 1 is 1.23 bits per heavy atom. The highest BCUT2D eigenvalue weighted by molar-refractivity contribution is 5.81. The first kappa shape index (κ1) is 18.5. The van der Waals surface area contributed by atoms with Crippen LogP contribution in [0.1, 0.15) is 37.8 Å². The molecular formula is C18H29NO3. The van der Waals surface area contributed by atoms with Crippen molar-refractivity contribution in [2.75, 3.05) is 26.9 Å². The monoisotopic (exact) mass is 307 g/mol. The molecule has 0 aliphatic carbocycles. The maximum atomic E-state index is 12.1. The van der Waals surface area contributed by atoms with Crippen molar-refractivity contribution in [3.63, 3.8) is 0 Å². The largest absolute Gasteiger partial charge is 0.493 e. The number of hydrogen-bond acceptors (Lipinski definition) is 3. The molecule has 0 radical (unpaired) electrons. The van der Waals surface area contributed by atoms with Gasteiger partial charge >= 0.3 is 0 Å². The molecule has 0 atom stereocenters. The third kappa shape index (κ3) is 6.06. The molecule has 0 saturated heterocycles. The summed E-state index contributed by atoms with van der Waals surface area (Å²) in [5, 5.41) is 2.89. The van der Waals surface area contributed by atoms with Crippen LogP contribution in [0.3, 0.4) is 0 Å². The van der Waals surface area contributed by atoms with Gasteiger partial charge in [-0.05, 0) is 43.9 Å². The first-order valence-corrected chi connectivity index (χ1v) is 7.84. The smallest absolute Gasteiger partial charge is 0.225 e. The summed E-state index contributed by atoms with van der Waals surface area (Å²) < 4.78 is 10.8. The summed E-state index contributed by atoms with van der Waals surface area (Å²) in [7, 11) is 1.63.